The maximum Gasteiger partial charge on any atom is 0.272 e. The van der Waals surface area contributed by atoms with E-state index >= 15 is 0 Å². The van der Waals surface area contributed by atoms with Gasteiger partial charge < -0.3 is 10.1 Å². The first kappa shape index (κ1) is 14.6. The third kappa shape index (κ3) is 4.09. The van der Waals surface area contributed by atoms with Crippen LogP contribution < -0.4 is 5.32 Å². The van der Waals surface area contributed by atoms with E-state index in [1.54, 1.807) is 26.2 Å². The number of nitro benzene ring substituents is 1. The molecule has 0 aliphatic carbocycles. The van der Waals surface area contributed by atoms with Gasteiger partial charge >= 0.3 is 0 Å². The third-order valence-electron chi connectivity index (χ3n) is 2.93. The fraction of sp³-hybridized carbons (Fsp3) is 0.538. The van der Waals surface area contributed by atoms with Gasteiger partial charge in [-0.15, -0.1) is 0 Å². The average Bonchev–Trinajstić information content (AvgIpc) is 2.35. The van der Waals surface area contributed by atoms with Crippen LogP contribution in [0.4, 0.5) is 5.69 Å². The van der Waals surface area contributed by atoms with Crippen molar-refractivity contribution in [1.82, 2.24) is 5.32 Å². The fourth-order valence-electron chi connectivity index (χ4n) is 1.75. The SMILES string of the molecule is CCC(COC)NCc1ccc(C)c([N+](=O)[O-])c1. The zero-order valence-corrected chi connectivity index (χ0v) is 11.1. The molecule has 1 aromatic rings. The molecule has 0 aromatic heterocycles. The van der Waals surface area contributed by atoms with Gasteiger partial charge in [0.15, 0.2) is 0 Å². The van der Waals surface area contributed by atoms with Gasteiger partial charge in [0.05, 0.1) is 11.5 Å². The summed E-state index contributed by atoms with van der Waals surface area (Å²) in [5, 5.41) is 14.2. The molecule has 1 aromatic carbocycles. The smallest absolute Gasteiger partial charge is 0.272 e. The molecule has 100 valence electrons. The first-order valence-electron chi connectivity index (χ1n) is 6.04. The van der Waals surface area contributed by atoms with E-state index in [4.69, 9.17) is 4.74 Å². The van der Waals surface area contributed by atoms with Crippen molar-refractivity contribution in [1.29, 1.82) is 0 Å². The molecule has 0 heterocycles. The number of nitro groups is 1. The summed E-state index contributed by atoms with van der Waals surface area (Å²) in [5.74, 6) is 0. The third-order valence-corrected chi connectivity index (χ3v) is 2.93. The number of methoxy groups -OCH3 is 1. The topological polar surface area (TPSA) is 64.4 Å². The highest BCUT2D eigenvalue weighted by Gasteiger charge is 2.11. The van der Waals surface area contributed by atoms with Crippen molar-refractivity contribution < 1.29 is 9.66 Å². The van der Waals surface area contributed by atoms with Crippen molar-refractivity contribution >= 4 is 5.69 Å². The van der Waals surface area contributed by atoms with Crippen LogP contribution in [0, 0.1) is 17.0 Å². The second kappa shape index (κ2) is 7.08. The van der Waals surface area contributed by atoms with Gasteiger partial charge in [-0.3, -0.25) is 10.1 Å². The monoisotopic (exact) mass is 252 g/mol. The average molecular weight is 252 g/mol. The van der Waals surface area contributed by atoms with Crippen molar-refractivity contribution in [3.63, 3.8) is 0 Å². The molecule has 0 fully saturated rings. The Morgan fingerprint density at radius 1 is 1.50 bits per heavy atom. The van der Waals surface area contributed by atoms with E-state index in [-0.39, 0.29) is 16.7 Å². The minimum atomic E-state index is -0.342. The molecule has 0 spiro atoms. The molecule has 1 atom stereocenters. The van der Waals surface area contributed by atoms with E-state index in [0.29, 0.717) is 18.7 Å². The number of aryl methyl sites for hydroxylation is 1. The van der Waals surface area contributed by atoms with Crippen molar-refractivity contribution in [2.75, 3.05) is 13.7 Å². The maximum atomic E-state index is 10.8. The first-order valence-corrected chi connectivity index (χ1v) is 6.04. The molecular formula is C13H20N2O3. The summed E-state index contributed by atoms with van der Waals surface area (Å²) in [5.41, 5.74) is 1.78. The fourth-order valence-corrected chi connectivity index (χ4v) is 1.75. The van der Waals surface area contributed by atoms with Crippen molar-refractivity contribution in [2.24, 2.45) is 0 Å². The Balaban J connectivity index is 2.67. The number of nitrogens with one attached hydrogen (secondary N) is 1. The predicted molar refractivity (Wildman–Crippen MR) is 70.6 cm³/mol. The van der Waals surface area contributed by atoms with Crippen LogP contribution >= 0.6 is 0 Å². The lowest BCUT2D eigenvalue weighted by molar-refractivity contribution is -0.385. The number of rotatable bonds is 7. The molecule has 0 amide bonds. The van der Waals surface area contributed by atoms with E-state index in [1.165, 1.54) is 0 Å². The zero-order valence-electron chi connectivity index (χ0n) is 11.1. The number of nitrogens with zero attached hydrogens (tertiary/aromatic N) is 1. The molecule has 5 heteroatoms. The molecule has 0 saturated heterocycles. The van der Waals surface area contributed by atoms with Gasteiger partial charge in [0.1, 0.15) is 0 Å². The van der Waals surface area contributed by atoms with Crippen molar-refractivity contribution in [3.8, 4) is 0 Å². The Labute approximate surface area is 107 Å². The predicted octanol–water partition coefficient (Wildman–Crippen LogP) is 2.42. The van der Waals surface area contributed by atoms with Crippen molar-refractivity contribution in [3.05, 3.63) is 39.4 Å². The Morgan fingerprint density at radius 2 is 2.22 bits per heavy atom. The zero-order chi connectivity index (χ0) is 13.5. The Morgan fingerprint density at radius 3 is 2.78 bits per heavy atom. The van der Waals surface area contributed by atoms with E-state index in [2.05, 4.69) is 12.2 Å². The molecule has 5 nitrogen and oxygen atoms in total. The van der Waals surface area contributed by atoms with Gasteiger partial charge in [0.25, 0.3) is 5.69 Å². The standard InChI is InChI=1S/C13H20N2O3/c1-4-12(9-18-3)14-8-11-6-5-10(2)13(7-11)15(16)17/h5-7,12,14H,4,8-9H2,1-3H3. The molecule has 1 unspecified atom stereocenters. The van der Waals surface area contributed by atoms with Gasteiger partial charge in [0.2, 0.25) is 0 Å². The molecule has 18 heavy (non-hydrogen) atoms. The van der Waals surface area contributed by atoms with Crippen molar-refractivity contribution in [2.45, 2.75) is 32.9 Å². The summed E-state index contributed by atoms with van der Waals surface area (Å²) in [6, 6.07) is 5.60. The molecule has 0 aliphatic rings. The van der Waals surface area contributed by atoms with Crippen LogP contribution in [0.5, 0.6) is 0 Å². The van der Waals surface area contributed by atoms with E-state index < -0.39 is 0 Å². The molecule has 1 N–H and O–H groups in total. The number of hydrogen-bond donors (Lipinski definition) is 1. The summed E-state index contributed by atoms with van der Waals surface area (Å²) in [6.45, 7) is 5.08. The van der Waals surface area contributed by atoms with E-state index in [0.717, 1.165) is 12.0 Å². The highest BCUT2D eigenvalue weighted by molar-refractivity contribution is 5.42. The first-order chi connectivity index (χ1) is 8.58. The van der Waals surface area contributed by atoms with Crippen LogP contribution in [0.25, 0.3) is 0 Å². The molecule has 1 rings (SSSR count). The van der Waals surface area contributed by atoms with Gasteiger partial charge in [-0.05, 0) is 18.9 Å². The van der Waals surface area contributed by atoms with Crippen LogP contribution in [0.1, 0.15) is 24.5 Å². The lowest BCUT2D eigenvalue weighted by atomic mass is 10.1. The summed E-state index contributed by atoms with van der Waals surface area (Å²) in [7, 11) is 1.67. The lowest BCUT2D eigenvalue weighted by Crippen LogP contribution is -2.32. The van der Waals surface area contributed by atoms with E-state index in [9.17, 15) is 10.1 Å². The summed E-state index contributed by atoms with van der Waals surface area (Å²) >= 11 is 0. The van der Waals surface area contributed by atoms with Crippen LogP contribution in [0.15, 0.2) is 18.2 Å². The molecular weight excluding hydrogens is 232 g/mol. The van der Waals surface area contributed by atoms with Gasteiger partial charge in [-0.2, -0.15) is 0 Å². The van der Waals surface area contributed by atoms with Gasteiger partial charge in [-0.25, -0.2) is 0 Å². The Kier molecular flexibility index (Phi) is 5.74. The minimum absolute atomic E-state index is 0.175. The molecule has 0 aliphatic heterocycles. The summed E-state index contributed by atoms with van der Waals surface area (Å²) < 4.78 is 5.09. The molecule has 0 saturated carbocycles. The minimum Gasteiger partial charge on any atom is -0.383 e. The highest BCUT2D eigenvalue weighted by atomic mass is 16.6. The van der Waals surface area contributed by atoms with Gasteiger partial charge in [0, 0.05) is 31.3 Å². The maximum absolute atomic E-state index is 10.8. The number of hydrogen-bond acceptors (Lipinski definition) is 4. The molecule has 0 bridgehead atoms. The summed E-state index contributed by atoms with van der Waals surface area (Å²) in [4.78, 5) is 10.5. The van der Waals surface area contributed by atoms with E-state index in [1.807, 2.05) is 6.07 Å². The second-order valence-corrected chi connectivity index (χ2v) is 4.32. The second-order valence-electron chi connectivity index (χ2n) is 4.32. The van der Waals surface area contributed by atoms with Crippen LogP contribution in [0.3, 0.4) is 0 Å². The largest absolute Gasteiger partial charge is 0.383 e. The van der Waals surface area contributed by atoms with Crippen LogP contribution in [-0.2, 0) is 11.3 Å². The normalized spacial score (nSPS) is 12.4. The lowest BCUT2D eigenvalue weighted by Gasteiger charge is -2.15. The quantitative estimate of drug-likeness (QED) is 0.598. The Bertz CT molecular complexity index is 407. The molecule has 0 radical (unpaired) electrons. The number of ether oxygens (including phenoxy) is 1. The number of benzene rings is 1. The van der Waals surface area contributed by atoms with Crippen LogP contribution in [-0.4, -0.2) is 24.7 Å². The Hall–Kier alpha value is -1.46. The van der Waals surface area contributed by atoms with Crippen LogP contribution in [0.2, 0.25) is 0 Å². The highest BCUT2D eigenvalue weighted by Crippen LogP contribution is 2.19. The van der Waals surface area contributed by atoms with Gasteiger partial charge in [-0.1, -0.05) is 19.1 Å². The summed E-state index contributed by atoms with van der Waals surface area (Å²) in [6.07, 6.45) is 0.960.